The number of piperazine rings is 1. The van der Waals surface area contributed by atoms with Crippen molar-refractivity contribution in [1.29, 1.82) is 0 Å². The molecule has 1 N–H and O–H groups in total. The summed E-state index contributed by atoms with van der Waals surface area (Å²) in [5.41, 5.74) is 1.51. The monoisotopic (exact) mass is 397 g/mol. The Morgan fingerprint density at radius 2 is 1.83 bits per heavy atom. The topological polar surface area (TPSA) is 61.4 Å². The van der Waals surface area contributed by atoms with E-state index in [9.17, 15) is 13.6 Å². The van der Waals surface area contributed by atoms with E-state index in [0.29, 0.717) is 40.9 Å². The van der Waals surface area contributed by atoms with E-state index in [2.05, 4.69) is 15.3 Å². The summed E-state index contributed by atoms with van der Waals surface area (Å²) >= 11 is 0. The van der Waals surface area contributed by atoms with Crippen molar-refractivity contribution >= 4 is 22.6 Å². The summed E-state index contributed by atoms with van der Waals surface area (Å²) in [6, 6.07) is 7.31. The molecule has 2 heterocycles. The number of fused-ring (bicyclic) bond motifs is 1. The van der Waals surface area contributed by atoms with Crippen molar-refractivity contribution in [2.75, 3.05) is 45.2 Å². The zero-order valence-electron chi connectivity index (χ0n) is 16.2. The van der Waals surface area contributed by atoms with Gasteiger partial charge in [-0.2, -0.15) is 0 Å². The van der Waals surface area contributed by atoms with Gasteiger partial charge in [-0.1, -0.05) is 6.07 Å². The average Bonchev–Trinajstić information content (AvgIpc) is 2.73. The van der Waals surface area contributed by atoms with Gasteiger partial charge in [-0.25, -0.2) is 18.7 Å². The predicted octanol–water partition coefficient (Wildman–Crippen LogP) is 2.69. The minimum atomic E-state index is -0.630. The molecule has 29 heavy (non-hydrogen) atoms. The number of halogens is 2. The third kappa shape index (κ3) is 3.51. The highest BCUT2D eigenvalue weighted by Gasteiger charge is 2.21. The Kier molecular flexibility index (Phi) is 5.10. The second-order valence-corrected chi connectivity index (χ2v) is 7.15. The molecule has 0 atom stereocenters. The molecule has 0 radical (unpaired) electrons. The second kappa shape index (κ2) is 7.71. The van der Waals surface area contributed by atoms with Crippen LogP contribution < -0.4 is 10.2 Å². The van der Waals surface area contributed by atoms with Crippen molar-refractivity contribution in [3.8, 4) is 11.1 Å². The molecule has 1 aliphatic heterocycles. The fraction of sp³-hybridized carbons (Fsp3) is 0.286. The van der Waals surface area contributed by atoms with Gasteiger partial charge in [0.25, 0.3) is 5.91 Å². The molecule has 8 heteroatoms. The van der Waals surface area contributed by atoms with E-state index in [1.165, 1.54) is 29.4 Å². The van der Waals surface area contributed by atoms with Gasteiger partial charge in [-0.15, -0.1) is 0 Å². The summed E-state index contributed by atoms with van der Waals surface area (Å²) < 4.78 is 29.4. The van der Waals surface area contributed by atoms with Crippen LogP contribution in [-0.2, 0) is 0 Å². The SMILES string of the molecule is CN(C)C(=O)c1ccc(-c2ccc(F)c3c(N4CCNCC4)ncnc23)cc1F. The molecule has 1 fully saturated rings. The van der Waals surface area contributed by atoms with E-state index in [1.807, 2.05) is 4.90 Å². The van der Waals surface area contributed by atoms with Crippen molar-refractivity contribution in [2.45, 2.75) is 0 Å². The van der Waals surface area contributed by atoms with E-state index >= 15 is 0 Å². The molecule has 0 bridgehead atoms. The quantitative estimate of drug-likeness (QED) is 0.736. The van der Waals surface area contributed by atoms with Crippen LogP contribution >= 0.6 is 0 Å². The molecule has 6 nitrogen and oxygen atoms in total. The largest absolute Gasteiger partial charge is 0.353 e. The Bertz CT molecular complexity index is 1080. The number of hydrogen-bond acceptors (Lipinski definition) is 5. The fourth-order valence-electron chi connectivity index (χ4n) is 3.57. The first-order chi connectivity index (χ1) is 14.0. The minimum Gasteiger partial charge on any atom is -0.353 e. The number of carbonyl (C=O) groups excluding carboxylic acids is 1. The van der Waals surface area contributed by atoms with Crippen LogP contribution in [0.15, 0.2) is 36.7 Å². The standard InChI is InChI=1S/C21H21F2N5O/c1-27(2)21(29)15-4-3-13(11-17(15)23)14-5-6-16(22)18-19(14)25-12-26-20(18)28-9-7-24-8-10-28/h3-6,11-12,24H,7-10H2,1-2H3. The Morgan fingerprint density at radius 1 is 1.07 bits per heavy atom. The summed E-state index contributed by atoms with van der Waals surface area (Å²) in [7, 11) is 3.13. The van der Waals surface area contributed by atoms with E-state index in [-0.39, 0.29) is 5.56 Å². The first-order valence-corrected chi connectivity index (χ1v) is 9.38. The van der Waals surface area contributed by atoms with Gasteiger partial charge in [-0.3, -0.25) is 4.79 Å². The maximum absolute atomic E-state index is 14.8. The Balaban J connectivity index is 1.84. The van der Waals surface area contributed by atoms with Crippen molar-refractivity contribution in [1.82, 2.24) is 20.2 Å². The molecule has 1 amide bonds. The van der Waals surface area contributed by atoms with Crippen molar-refractivity contribution in [2.24, 2.45) is 0 Å². The maximum atomic E-state index is 14.8. The smallest absolute Gasteiger partial charge is 0.256 e. The van der Waals surface area contributed by atoms with Crippen LogP contribution in [0, 0.1) is 11.6 Å². The number of nitrogens with one attached hydrogen (secondary N) is 1. The lowest BCUT2D eigenvalue weighted by molar-refractivity contribution is 0.0823. The summed E-state index contributed by atoms with van der Waals surface area (Å²) in [5.74, 6) is -0.926. The molecular formula is C21H21F2N5O. The molecule has 1 aliphatic rings. The Hall–Kier alpha value is -3.13. The summed E-state index contributed by atoms with van der Waals surface area (Å²) in [6.45, 7) is 3.01. The predicted molar refractivity (Wildman–Crippen MR) is 108 cm³/mol. The molecule has 0 saturated carbocycles. The normalized spacial score (nSPS) is 14.3. The second-order valence-electron chi connectivity index (χ2n) is 7.15. The van der Waals surface area contributed by atoms with E-state index < -0.39 is 17.5 Å². The zero-order chi connectivity index (χ0) is 20.5. The van der Waals surface area contributed by atoms with Crippen molar-refractivity contribution in [3.63, 3.8) is 0 Å². The van der Waals surface area contributed by atoms with Gasteiger partial charge in [0.1, 0.15) is 23.8 Å². The lowest BCUT2D eigenvalue weighted by Gasteiger charge is -2.29. The Morgan fingerprint density at radius 3 is 2.52 bits per heavy atom. The summed E-state index contributed by atoms with van der Waals surface area (Å²) in [5, 5.41) is 3.58. The molecule has 2 aromatic carbocycles. The molecule has 0 spiro atoms. The highest BCUT2D eigenvalue weighted by Crippen LogP contribution is 2.34. The van der Waals surface area contributed by atoms with Crippen LogP contribution in [0.1, 0.15) is 10.4 Å². The van der Waals surface area contributed by atoms with Gasteiger partial charge in [0, 0.05) is 45.8 Å². The third-order valence-corrected chi connectivity index (χ3v) is 5.05. The number of rotatable bonds is 3. The Labute approximate surface area is 167 Å². The number of aromatic nitrogens is 2. The first-order valence-electron chi connectivity index (χ1n) is 9.38. The molecule has 0 unspecified atom stereocenters. The summed E-state index contributed by atoms with van der Waals surface area (Å²) in [4.78, 5) is 24.1. The number of benzene rings is 2. The maximum Gasteiger partial charge on any atom is 0.256 e. The zero-order valence-corrected chi connectivity index (χ0v) is 16.2. The van der Waals surface area contributed by atoms with Crippen LogP contribution in [0.3, 0.4) is 0 Å². The number of hydrogen-bond donors (Lipinski definition) is 1. The molecule has 1 saturated heterocycles. The highest BCUT2D eigenvalue weighted by molar-refractivity contribution is 6.00. The third-order valence-electron chi connectivity index (χ3n) is 5.05. The number of nitrogens with zero attached hydrogens (tertiary/aromatic N) is 4. The van der Waals surface area contributed by atoms with Crippen LogP contribution in [0.25, 0.3) is 22.0 Å². The fourth-order valence-corrected chi connectivity index (χ4v) is 3.57. The van der Waals surface area contributed by atoms with Crippen molar-refractivity contribution in [3.05, 3.63) is 53.9 Å². The van der Waals surface area contributed by atoms with Crippen LogP contribution in [0.4, 0.5) is 14.6 Å². The van der Waals surface area contributed by atoms with Gasteiger partial charge in [-0.05, 0) is 29.8 Å². The molecule has 4 rings (SSSR count). The lowest BCUT2D eigenvalue weighted by atomic mass is 9.99. The van der Waals surface area contributed by atoms with Gasteiger partial charge in [0.2, 0.25) is 0 Å². The number of amides is 1. The van der Waals surface area contributed by atoms with Gasteiger partial charge < -0.3 is 15.1 Å². The minimum absolute atomic E-state index is 0.0127. The van der Waals surface area contributed by atoms with E-state index in [4.69, 9.17) is 0 Å². The summed E-state index contributed by atoms with van der Waals surface area (Å²) in [6.07, 6.45) is 1.41. The molecule has 3 aromatic rings. The van der Waals surface area contributed by atoms with Gasteiger partial charge in [0.15, 0.2) is 0 Å². The number of anilines is 1. The van der Waals surface area contributed by atoms with Crippen molar-refractivity contribution < 1.29 is 13.6 Å². The average molecular weight is 397 g/mol. The highest BCUT2D eigenvalue weighted by atomic mass is 19.1. The number of carbonyl (C=O) groups is 1. The van der Waals surface area contributed by atoms with E-state index in [0.717, 1.165) is 13.1 Å². The molecule has 150 valence electrons. The van der Waals surface area contributed by atoms with Crippen LogP contribution in [-0.4, -0.2) is 61.0 Å². The van der Waals surface area contributed by atoms with Gasteiger partial charge >= 0.3 is 0 Å². The van der Waals surface area contributed by atoms with E-state index in [1.54, 1.807) is 26.2 Å². The lowest BCUT2D eigenvalue weighted by Crippen LogP contribution is -2.44. The first kappa shape index (κ1) is 19.2. The molecular weight excluding hydrogens is 376 g/mol. The van der Waals surface area contributed by atoms with Crippen LogP contribution in [0.2, 0.25) is 0 Å². The van der Waals surface area contributed by atoms with Gasteiger partial charge in [0.05, 0.1) is 16.5 Å². The molecule has 0 aliphatic carbocycles. The molecule has 1 aromatic heterocycles. The van der Waals surface area contributed by atoms with Crippen LogP contribution in [0.5, 0.6) is 0 Å².